The maximum atomic E-state index is 13.6. The van der Waals surface area contributed by atoms with Crippen LogP contribution in [0.4, 0.5) is 25.0 Å². The zero-order valence-electron chi connectivity index (χ0n) is 13.7. The molecule has 2 aromatic carbocycles. The van der Waals surface area contributed by atoms with E-state index in [9.17, 15) is 13.6 Å². The lowest BCUT2D eigenvalue weighted by Gasteiger charge is -2.09. The van der Waals surface area contributed by atoms with Gasteiger partial charge in [-0.15, -0.1) is 0 Å². The molecule has 4 rings (SSSR count). The minimum Gasteiger partial charge on any atom is -0.308 e. The van der Waals surface area contributed by atoms with E-state index < -0.39 is 17.7 Å². The molecule has 0 saturated heterocycles. The Labute approximate surface area is 156 Å². The number of urea groups is 1. The van der Waals surface area contributed by atoms with Crippen molar-refractivity contribution in [3.05, 3.63) is 72.4 Å². The summed E-state index contributed by atoms with van der Waals surface area (Å²) in [6, 6.07) is 13.1. The van der Waals surface area contributed by atoms with E-state index in [0.29, 0.717) is 11.8 Å². The van der Waals surface area contributed by atoms with Gasteiger partial charge in [-0.1, -0.05) is 23.5 Å². The van der Waals surface area contributed by atoms with Crippen molar-refractivity contribution in [2.24, 2.45) is 0 Å². The van der Waals surface area contributed by atoms with E-state index in [4.69, 9.17) is 0 Å². The Morgan fingerprint density at radius 2 is 1.89 bits per heavy atom. The average molecular weight is 382 g/mol. The van der Waals surface area contributed by atoms with Crippen LogP contribution in [0.15, 0.2) is 60.8 Å². The Bertz CT molecular complexity index is 1110. The summed E-state index contributed by atoms with van der Waals surface area (Å²) in [6.45, 7) is 0. The van der Waals surface area contributed by atoms with Gasteiger partial charge in [0, 0.05) is 23.5 Å². The van der Waals surface area contributed by atoms with Gasteiger partial charge in [0.2, 0.25) is 0 Å². The van der Waals surface area contributed by atoms with Gasteiger partial charge < -0.3 is 10.6 Å². The van der Waals surface area contributed by atoms with Gasteiger partial charge in [0.1, 0.15) is 27.0 Å². The summed E-state index contributed by atoms with van der Waals surface area (Å²) in [4.78, 5) is 21.7. The van der Waals surface area contributed by atoms with Gasteiger partial charge in [-0.25, -0.2) is 23.5 Å². The summed E-state index contributed by atoms with van der Waals surface area (Å²) in [7, 11) is 0. The van der Waals surface area contributed by atoms with Crippen molar-refractivity contribution < 1.29 is 13.6 Å². The summed E-state index contributed by atoms with van der Waals surface area (Å²) in [6.07, 6.45) is 1.71. The van der Waals surface area contributed by atoms with Crippen LogP contribution >= 0.6 is 11.3 Å². The lowest BCUT2D eigenvalue weighted by Crippen LogP contribution is -2.20. The van der Waals surface area contributed by atoms with Gasteiger partial charge >= 0.3 is 6.03 Å². The molecule has 0 unspecified atom stereocenters. The van der Waals surface area contributed by atoms with Crippen LogP contribution in [0.2, 0.25) is 0 Å². The first-order valence-electron chi connectivity index (χ1n) is 7.93. The van der Waals surface area contributed by atoms with E-state index in [0.717, 1.165) is 33.1 Å². The third-order valence-electron chi connectivity index (χ3n) is 3.71. The standard InChI is InChI=1S/C19H12F2N4OS/c20-12-6-7-15(14(21)10-12)25-19(26)23-13-4-1-3-11(9-13)17-24-16-5-2-8-22-18(16)27-17/h1-10H,(H2,23,25,26). The van der Waals surface area contributed by atoms with Crippen molar-refractivity contribution >= 4 is 39.1 Å². The molecule has 0 atom stereocenters. The number of pyridine rings is 1. The first-order chi connectivity index (χ1) is 13.1. The molecule has 2 amide bonds. The number of nitrogens with one attached hydrogen (secondary N) is 2. The molecule has 4 aromatic rings. The van der Waals surface area contributed by atoms with Crippen LogP contribution in [0, 0.1) is 11.6 Å². The monoisotopic (exact) mass is 382 g/mol. The molecule has 0 aliphatic carbocycles. The van der Waals surface area contributed by atoms with E-state index in [-0.39, 0.29) is 5.69 Å². The van der Waals surface area contributed by atoms with Crippen molar-refractivity contribution in [3.63, 3.8) is 0 Å². The molecule has 2 heterocycles. The second-order valence-electron chi connectivity index (χ2n) is 5.63. The normalized spacial score (nSPS) is 10.7. The third kappa shape index (κ3) is 3.75. The minimum atomic E-state index is -0.846. The molecule has 5 nitrogen and oxygen atoms in total. The summed E-state index contributed by atoms with van der Waals surface area (Å²) in [5, 5.41) is 5.75. The zero-order chi connectivity index (χ0) is 18.8. The fourth-order valence-electron chi connectivity index (χ4n) is 2.50. The van der Waals surface area contributed by atoms with Gasteiger partial charge in [0.05, 0.1) is 5.69 Å². The van der Waals surface area contributed by atoms with Crippen LogP contribution in [0.1, 0.15) is 0 Å². The van der Waals surface area contributed by atoms with Gasteiger partial charge in [-0.2, -0.15) is 0 Å². The Hall–Kier alpha value is -3.39. The number of carbonyl (C=O) groups is 1. The smallest absolute Gasteiger partial charge is 0.308 e. The van der Waals surface area contributed by atoms with Gasteiger partial charge in [0.15, 0.2) is 0 Å². The first-order valence-corrected chi connectivity index (χ1v) is 8.75. The molecule has 0 saturated carbocycles. The Balaban J connectivity index is 1.53. The summed E-state index contributed by atoms with van der Waals surface area (Å²) in [5.74, 6) is -1.56. The second kappa shape index (κ2) is 7.08. The highest BCUT2D eigenvalue weighted by atomic mass is 32.1. The molecule has 8 heteroatoms. The highest BCUT2D eigenvalue weighted by Crippen LogP contribution is 2.30. The molecule has 0 bridgehead atoms. The van der Waals surface area contributed by atoms with Crippen LogP contribution in [0.5, 0.6) is 0 Å². The van der Waals surface area contributed by atoms with E-state index in [1.807, 2.05) is 18.2 Å². The summed E-state index contributed by atoms with van der Waals surface area (Å²) < 4.78 is 26.6. The number of benzene rings is 2. The molecule has 0 fully saturated rings. The van der Waals surface area contributed by atoms with Crippen LogP contribution in [0.3, 0.4) is 0 Å². The molecule has 0 aliphatic rings. The molecule has 2 N–H and O–H groups in total. The number of thiazole rings is 1. The number of amides is 2. The average Bonchev–Trinajstić information content (AvgIpc) is 3.08. The summed E-state index contributed by atoms with van der Waals surface area (Å²) in [5.41, 5.74) is 2.03. The van der Waals surface area contributed by atoms with Crippen molar-refractivity contribution in [2.45, 2.75) is 0 Å². The number of hydrogen-bond acceptors (Lipinski definition) is 4. The lowest BCUT2D eigenvalue weighted by molar-refractivity contribution is 0.262. The number of nitrogens with zero attached hydrogens (tertiary/aromatic N) is 2. The number of halogens is 2. The van der Waals surface area contributed by atoms with Crippen LogP contribution in [-0.4, -0.2) is 16.0 Å². The molecular formula is C19H12F2N4OS. The predicted octanol–water partition coefficient (Wildman–Crippen LogP) is 5.28. The van der Waals surface area contributed by atoms with Crippen molar-refractivity contribution in [3.8, 4) is 10.6 Å². The molecule has 27 heavy (non-hydrogen) atoms. The highest BCUT2D eigenvalue weighted by molar-refractivity contribution is 7.21. The number of fused-ring (bicyclic) bond motifs is 1. The van der Waals surface area contributed by atoms with Crippen LogP contribution in [0.25, 0.3) is 20.9 Å². The molecule has 0 radical (unpaired) electrons. The molecular weight excluding hydrogens is 370 g/mol. The lowest BCUT2D eigenvalue weighted by atomic mass is 10.2. The highest BCUT2D eigenvalue weighted by Gasteiger charge is 2.10. The second-order valence-corrected chi connectivity index (χ2v) is 6.61. The van der Waals surface area contributed by atoms with Crippen LogP contribution < -0.4 is 10.6 Å². The van der Waals surface area contributed by atoms with Gasteiger partial charge in [0.25, 0.3) is 0 Å². The van der Waals surface area contributed by atoms with Gasteiger partial charge in [-0.05, 0) is 36.4 Å². The van der Waals surface area contributed by atoms with Crippen molar-refractivity contribution in [2.75, 3.05) is 10.6 Å². The largest absolute Gasteiger partial charge is 0.323 e. The molecule has 0 spiro atoms. The maximum Gasteiger partial charge on any atom is 0.323 e. The number of hydrogen-bond donors (Lipinski definition) is 2. The number of anilines is 2. The van der Waals surface area contributed by atoms with E-state index >= 15 is 0 Å². The quantitative estimate of drug-likeness (QED) is 0.507. The van der Waals surface area contributed by atoms with Gasteiger partial charge in [-0.3, -0.25) is 0 Å². The first kappa shape index (κ1) is 17.0. The fraction of sp³-hybridized carbons (Fsp3) is 0. The topological polar surface area (TPSA) is 66.9 Å². The van der Waals surface area contributed by atoms with E-state index in [2.05, 4.69) is 20.6 Å². The number of rotatable bonds is 3. The van der Waals surface area contributed by atoms with Crippen molar-refractivity contribution in [1.82, 2.24) is 9.97 Å². The van der Waals surface area contributed by atoms with E-state index in [1.54, 1.807) is 24.4 Å². The molecule has 2 aromatic heterocycles. The SMILES string of the molecule is O=C(Nc1cccc(-c2nc3cccnc3s2)c1)Nc1ccc(F)cc1F. The predicted molar refractivity (Wildman–Crippen MR) is 102 cm³/mol. The molecule has 134 valence electrons. The van der Waals surface area contributed by atoms with Crippen LogP contribution in [-0.2, 0) is 0 Å². The zero-order valence-corrected chi connectivity index (χ0v) is 14.6. The fourth-order valence-corrected chi connectivity index (χ4v) is 3.40. The minimum absolute atomic E-state index is 0.109. The Morgan fingerprint density at radius 1 is 1.00 bits per heavy atom. The summed E-state index contributed by atoms with van der Waals surface area (Å²) >= 11 is 1.45. The van der Waals surface area contributed by atoms with E-state index in [1.165, 1.54) is 11.3 Å². The maximum absolute atomic E-state index is 13.6. The van der Waals surface area contributed by atoms with Crippen molar-refractivity contribution in [1.29, 1.82) is 0 Å². The number of aromatic nitrogens is 2. The Kier molecular flexibility index (Phi) is 4.47. The number of carbonyl (C=O) groups excluding carboxylic acids is 1. The third-order valence-corrected chi connectivity index (χ3v) is 4.74. The molecule has 0 aliphatic heterocycles. The Morgan fingerprint density at radius 3 is 2.70 bits per heavy atom.